The highest BCUT2D eigenvalue weighted by Crippen LogP contribution is 2.44. The molecule has 1 amide bonds. The molecule has 1 aliphatic rings. The molecule has 236 valence electrons. The highest BCUT2D eigenvalue weighted by atomic mass is 32.2. The van der Waals surface area contributed by atoms with Crippen molar-refractivity contribution in [2.75, 3.05) is 32.6 Å². The smallest absolute Gasteiger partial charge is 0.252 e. The highest BCUT2D eigenvalue weighted by molar-refractivity contribution is 7.91. The molecule has 9 nitrogen and oxygen atoms in total. The van der Waals surface area contributed by atoms with Crippen LogP contribution in [0, 0.1) is 5.41 Å². The van der Waals surface area contributed by atoms with Crippen LogP contribution in [0.1, 0.15) is 57.3 Å². The SMILES string of the molecule is COc1cccc([C@H]2OC(c3ccc(OCCCO)cc3)=N[C@@]2(CCS(=O)(=O)c2ccccc2)C(=O)NCCC(C)(C)C)c1. The third-order valence-electron chi connectivity index (χ3n) is 7.44. The number of benzene rings is 3. The minimum atomic E-state index is -3.74. The Bertz CT molecular complexity index is 1530. The summed E-state index contributed by atoms with van der Waals surface area (Å²) in [5, 5.41) is 12.1. The minimum absolute atomic E-state index is 0.0229. The Morgan fingerprint density at radius 1 is 1.02 bits per heavy atom. The molecule has 1 aliphatic heterocycles. The first kappa shape index (κ1) is 33.0. The van der Waals surface area contributed by atoms with Crippen molar-refractivity contribution in [3.63, 3.8) is 0 Å². The van der Waals surface area contributed by atoms with Crippen molar-refractivity contribution < 1.29 is 32.5 Å². The molecule has 3 aromatic rings. The average Bonchev–Trinajstić information content (AvgIpc) is 3.41. The molecule has 3 aromatic carbocycles. The second-order valence-electron chi connectivity index (χ2n) is 12.0. The Hall–Kier alpha value is -3.89. The molecule has 2 atom stereocenters. The molecular weight excluding hydrogens is 580 g/mol. The summed E-state index contributed by atoms with van der Waals surface area (Å²) in [7, 11) is -2.19. The second-order valence-corrected chi connectivity index (χ2v) is 14.1. The molecule has 2 N–H and O–H groups in total. The number of hydrogen-bond donors (Lipinski definition) is 2. The van der Waals surface area contributed by atoms with E-state index >= 15 is 0 Å². The molecule has 0 bridgehead atoms. The lowest BCUT2D eigenvalue weighted by molar-refractivity contribution is -0.129. The number of nitrogens with one attached hydrogen (secondary N) is 1. The van der Waals surface area contributed by atoms with Crippen LogP contribution in [0.3, 0.4) is 0 Å². The molecule has 1 heterocycles. The summed E-state index contributed by atoms with van der Waals surface area (Å²) in [5.41, 5.74) is -0.361. The van der Waals surface area contributed by atoms with Crippen molar-refractivity contribution in [2.24, 2.45) is 10.4 Å². The predicted molar refractivity (Wildman–Crippen MR) is 170 cm³/mol. The topological polar surface area (TPSA) is 124 Å². The molecule has 0 unspecified atom stereocenters. The molecule has 0 saturated heterocycles. The first-order valence-electron chi connectivity index (χ1n) is 14.8. The summed E-state index contributed by atoms with van der Waals surface area (Å²) in [6.07, 6.45) is 0.197. The second kappa shape index (κ2) is 14.3. The predicted octanol–water partition coefficient (Wildman–Crippen LogP) is 5.13. The monoisotopic (exact) mass is 622 g/mol. The van der Waals surface area contributed by atoms with Gasteiger partial charge in [-0.3, -0.25) is 4.79 Å². The first-order valence-corrected chi connectivity index (χ1v) is 16.4. The van der Waals surface area contributed by atoms with Crippen LogP contribution in [-0.2, 0) is 19.4 Å². The third kappa shape index (κ3) is 8.18. The van der Waals surface area contributed by atoms with E-state index in [9.17, 15) is 13.2 Å². The number of amides is 1. The van der Waals surface area contributed by atoms with Gasteiger partial charge in [-0.25, -0.2) is 13.4 Å². The van der Waals surface area contributed by atoms with Crippen LogP contribution < -0.4 is 14.8 Å². The lowest BCUT2D eigenvalue weighted by Gasteiger charge is -2.31. The molecule has 0 radical (unpaired) electrons. The van der Waals surface area contributed by atoms with Crippen molar-refractivity contribution >= 4 is 21.6 Å². The van der Waals surface area contributed by atoms with Gasteiger partial charge in [-0.05, 0) is 65.9 Å². The van der Waals surface area contributed by atoms with Crippen LogP contribution in [0.25, 0.3) is 0 Å². The Balaban J connectivity index is 1.77. The van der Waals surface area contributed by atoms with E-state index in [4.69, 9.17) is 24.3 Å². The fraction of sp³-hybridized carbons (Fsp3) is 0.412. The van der Waals surface area contributed by atoms with E-state index in [1.54, 1.807) is 79.9 Å². The number of ether oxygens (including phenoxy) is 3. The van der Waals surface area contributed by atoms with Crippen molar-refractivity contribution in [1.29, 1.82) is 0 Å². The first-order chi connectivity index (χ1) is 21.0. The van der Waals surface area contributed by atoms with Gasteiger partial charge in [0.25, 0.3) is 5.91 Å². The maximum Gasteiger partial charge on any atom is 0.252 e. The van der Waals surface area contributed by atoms with E-state index in [1.807, 2.05) is 6.07 Å². The van der Waals surface area contributed by atoms with Gasteiger partial charge in [0.2, 0.25) is 5.90 Å². The van der Waals surface area contributed by atoms with Gasteiger partial charge < -0.3 is 24.6 Å². The Kier molecular flexibility index (Phi) is 10.7. The number of aliphatic imine (C=N–C) groups is 1. The van der Waals surface area contributed by atoms with Crippen LogP contribution in [0.4, 0.5) is 0 Å². The summed E-state index contributed by atoms with van der Waals surface area (Å²) in [4.78, 5) is 19.4. The summed E-state index contributed by atoms with van der Waals surface area (Å²) in [6, 6.07) is 22.5. The van der Waals surface area contributed by atoms with E-state index in [0.717, 1.165) is 6.42 Å². The minimum Gasteiger partial charge on any atom is -0.497 e. The lowest BCUT2D eigenvalue weighted by Crippen LogP contribution is -2.49. The van der Waals surface area contributed by atoms with Gasteiger partial charge in [-0.15, -0.1) is 0 Å². The average molecular weight is 623 g/mol. The Morgan fingerprint density at radius 3 is 2.41 bits per heavy atom. The molecule has 0 saturated carbocycles. The number of carbonyl (C=O) groups excluding carboxylic acids is 1. The molecule has 0 spiro atoms. The number of aliphatic hydroxyl groups is 1. The van der Waals surface area contributed by atoms with Gasteiger partial charge in [0.05, 0.1) is 24.4 Å². The van der Waals surface area contributed by atoms with Gasteiger partial charge in [0, 0.05) is 31.6 Å². The summed E-state index contributed by atoms with van der Waals surface area (Å²) < 4.78 is 44.6. The summed E-state index contributed by atoms with van der Waals surface area (Å²) >= 11 is 0. The summed E-state index contributed by atoms with van der Waals surface area (Å²) in [6.45, 7) is 7.07. The van der Waals surface area contributed by atoms with E-state index in [-0.39, 0.29) is 35.0 Å². The van der Waals surface area contributed by atoms with Gasteiger partial charge in [0.1, 0.15) is 11.5 Å². The van der Waals surface area contributed by atoms with Gasteiger partial charge in [-0.1, -0.05) is 51.1 Å². The molecule has 0 fully saturated rings. The zero-order chi connectivity index (χ0) is 31.8. The van der Waals surface area contributed by atoms with Crippen LogP contribution in [0.15, 0.2) is 88.8 Å². The van der Waals surface area contributed by atoms with Crippen LogP contribution in [0.5, 0.6) is 11.5 Å². The number of aliphatic hydroxyl groups excluding tert-OH is 1. The zero-order valence-corrected chi connectivity index (χ0v) is 26.6. The van der Waals surface area contributed by atoms with Crippen molar-refractivity contribution in [1.82, 2.24) is 5.32 Å². The number of rotatable bonds is 14. The standard InChI is InChI=1S/C34H42N2O7S/c1-33(2,3)18-20-35-32(38)34(19-23-44(39,40)29-12-6-5-7-13-29)30(26-10-8-11-28(24-26)41-4)43-31(36-34)25-14-16-27(17-15-25)42-22-9-21-37/h5-8,10-17,24,30,37H,9,18-23H2,1-4H3,(H,35,38)/t30-,34-/m1/s1. The fourth-order valence-electron chi connectivity index (χ4n) is 4.91. The fourth-order valence-corrected chi connectivity index (χ4v) is 6.30. The number of carbonyl (C=O) groups is 1. The molecular formula is C34H42N2O7S. The van der Waals surface area contributed by atoms with Gasteiger partial charge >= 0.3 is 0 Å². The molecule has 10 heteroatoms. The molecule has 0 aromatic heterocycles. The van der Waals surface area contributed by atoms with Crippen molar-refractivity contribution in [3.05, 3.63) is 90.0 Å². The molecule has 0 aliphatic carbocycles. The van der Waals surface area contributed by atoms with Crippen LogP contribution in [-0.4, -0.2) is 63.5 Å². The third-order valence-corrected chi connectivity index (χ3v) is 9.17. The van der Waals surface area contributed by atoms with Crippen molar-refractivity contribution in [2.45, 2.75) is 56.6 Å². The lowest BCUT2D eigenvalue weighted by atomic mass is 9.84. The van der Waals surface area contributed by atoms with Crippen molar-refractivity contribution in [3.8, 4) is 11.5 Å². The number of methoxy groups -OCH3 is 1. The number of sulfone groups is 1. The number of hydrogen-bond acceptors (Lipinski definition) is 8. The largest absolute Gasteiger partial charge is 0.497 e. The van der Waals surface area contributed by atoms with Gasteiger partial charge in [0.15, 0.2) is 21.5 Å². The van der Waals surface area contributed by atoms with E-state index in [1.165, 1.54) is 0 Å². The normalized spacial score (nSPS) is 18.3. The Labute approximate surface area is 260 Å². The maximum atomic E-state index is 14.3. The van der Waals surface area contributed by atoms with E-state index < -0.39 is 27.4 Å². The maximum absolute atomic E-state index is 14.3. The highest BCUT2D eigenvalue weighted by Gasteiger charge is 2.53. The van der Waals surface area contributed by atoms with E-state index in [0.29, 0.717) is 42.2 Å². The quantitative estimate of drug-likeness (QED) is 0.239. The molecule has 44 heavy (non-hydrogen) atoms. The van der Waals surface area contributed by atoms with Crippen LogP contribution >= 0.6 is 0 Å². The summed E-state index contributed by atoms with van der Waals surface area (Å²) in [5.74, 6) is 0.690. The molecule has 4 rings (SSSR count). The van der Waals surface area contributed by atoms with Gasteiger partial charge in [-0.2, -0.15) is 0 Å². The Morgan fingerprint density at radius 2 is 1.75 bits per heavy atom. The number of nitrogens with zero attached hydrogens (tertiary/aromatic N) is 1. The van der Waals surface area contributed by atoms with Crippen LogP contribution in [0.2, 0.25) is 0 Å². The zero-order valence-electron chi connectivity index (χ0n) is 25.8. The van der Waals surface area contributed by atoms with E-state index in [2.05, 4.69) is 26.1 Å².